The summed E-state index contributed by atoms with van der Waals surface area (Å²) in [5.74, 6) is 0.474. The van der Waals surface area contributed by atoms with Crippen LogP contribution in [0.2, 0.25) is 0 Å². The number of carboxylic acid groups (broad SMARTS) is 1. The second kappa shape index (κ2) is 8.82. The molecule has 2 aromatic rings. The zero-order valence-corrected chi connectivity index (χ0v) is 13.6. The summed E-state index contributed by atoms with van der Waals surface area (Å²) < 4.78 is 11.1. The van der Waals surface area contributed by atoms with Crippen LogP contribution in [-0.2, 0) is 4.79 Å². The van der Waals surface area contributed by atoms with Gasteiger partial charge in [-0.1, -0.05) is 17.7 Å². The average Bonchev–Trinajstić information content (AvgIpc) is 2.57. The molecule has 0 aliphatic carbocycles. The molecule has 0 heterocycles. The summed E-state index contributed by atoms with van der Waals surface area (Å²) in [6.45, 7) is 2.45. The number of phenols is 1. The molecule has 24 heavy (non-hydrogen) atoms. The minimum absolute atomic E-state index is 0.194. The quantitative estimate of drug-likeness (QED) is 0.684. The Hall–Kier alpha value is -2.69. The maximum atomic E-state index is 11.3. The molecule has 1 unspecified atom stereocenters. The SMILES string of the molecule is Cc1ccc(OC(CCCCOc2ccc(O)cc2)C(=O)O)cc1. The number of hydrogen-bond donors (Lipinski definition) is 2. The molecule has 0 aliphatic rings. The van der Waals surface area contributed by atoms with Gasteiger partial charge in [0.25, 0.3) is 0 Å². The summed E-state index contributed by atoms with van der Waals surface area (Å²) in [4.78, 5) is 11.3. The number of phenolic OH excluding ortho intramolecular Hbond substituents is 1. The first kappa shape index (κ1) is 17.7. The first-order valence-electron chi connectivity index (χ1n) is 7.92. The third-order valence-corrected chi connectivity index (χ3v) is 3.54. The molecule has 0 radical (unpaired) electrons. The smallest absolute Gasteiger partial charge is 0.344 e. The van der Waals surface area contributed by atoms with Crippen molar-refractivity contribution in [3.8, 4) is 17.2 Å². The van der Waals surface area contributed by atoms with Crippen LogP contribution >= 0.6 is 0 Å². The summed E-state index contributed by atoms with van der Waals surface area (Å²) in [5.41, 5.74) is 1.10. The molecular formula is C19H22O5. The Morgan fingerprint density at radius 1 is 1.00 bits per heavy atom. The van der Waals surface area contributed by atoms with Crippen LogP contribution in [0.25, 0.3) is 0 Å². The number of carboxylic acids is 1. The van der Waals surface area contributed by atoms with Gasteiger partial charge in [0, 0.05) is 0 Å². The Labute approximate surface area is 141 Å². The molecule has 0 saturated heterocycles. The lowest BCUT2D eigenvalue weighted by Gasteiger charge is -2.15. The van der Waals surface area contributed by atoms with Crippen molar-refractivity contribution < 1.29 is 24.5 Å². The van der Waals surface area contributed by atoms with Gasteiger partial charge in [-0.15, -0.1) is 0 Å². The first-order valence-corrected chi connectivity index (χ1v) is 7.92. The normalized spacial score (nSPS) is 11.7. The van der Waals surface area contributed by atoms with E-state index in [0.717, 1.165) is 12.0 Å². The third kappa shape index (κ3) is 5.83. The Morgan fingerprint density at radius 2 is 1.62 bits per heavy atom. The van der Waals surface area contributed by atoms with E-state index in [1.54, 1.807) is 36.4 Å². The first-order chi connectivity index (χ1) is 11.5. The van der Waals surface area contributed by atoms with Crippen LogP contribution in [0.5, 0.6) is 17.2 Å². The summed E-state index contributed by atoms with van der Waals surface area (Å²) in [7, 11) is 0. The number of hydrogen-bond acceptors (Lipinski definition) is 4. The highest BCUT2D eigenvalue weighted by atomic mass is 16.5. The highest BCUT2D eigenvalue weighted by Gasteiger charge is 2.18. The predicted octanol–water partition coefficient (Wildman–Crippen LogP) is 3.78. The predicted molar refractivity (Wildman–Crippen MR) is 90.7 cm³/mol. The highest BCUT2D eigenvalue weighted by Crippen LogP contribution is 2.18. The van der Waals surface area contributed by atoms with Gasteiger partial charge in [0.05, 0.1) is 6.61 Å². The summed E-state index contributed by atoms with van der Waals surface area (Å²) >= 11 is 0. The Balaban J connectivity index is 1.72. The van der Waals surface area contributed by atoms with Gasteiger partial charge in [0.15, 0.2) is 6.10 Å². The second-order valence-corrected chi connectivity index (χ2v) is 5.60. The minimum atomic E-state index is -0.963. The van der Waals surface area contributed by atoms with Gasteiger partial charge >= 0.3 is 5.97 Å². The van der Waals surface area contributed by atoms with Crippen LogP contribution in [0.1, 0.15) is 24.8 Å². The van der Waals surface area contributed by atoms with Crippen LogP contribution in [0.4, 0.5) is 0 Å². The molecule has 0 amide bonds. The topological polar surface area (TPSA) is 76.0 Å². The molecule has 0 saturated carbocycles. The lowest BCUT2D eigenvalue weighted by Crippen LogP contribution is -2.27. The second-order valence-electron chi connectivity index (χ2n) is 5.60. The number of rotatable bonds is 9. The highest BCUT2D eigenvalue weighted by molar-refractivity contribution is 5.72. The molecule has 0 aromatic heterocycles. The summed E-state index contributed by atoms with van der Waals surface area (Å²) in [6, 6.07) is 13.8. The molecule has 128 valence electrons. The lowest BCUT2D eigenvalue weighted by molar-refractivity contribution is -0.145. The number of unbranched alkanes of at least 4 members (excludes halogenated alkanes) is 1. The van der Waals surface area contributed by atoms with Crippen molar-refractivity contribution in [3.05, 3.63) is 54.1 Å². The van der Waals surface area contributed by atoms with Crippen molar-refractivity contribution in [2.24, 2.45) is 0 Å². The van der Waals surface area contributed by atoms with Crippen LogP contribution in [0, 0.1) is 6.92 Å². The van der Waals surface area contributed by atoms with Gasteiger partial charge < -0.3 is 19.7 Å². The maximum absolute atomic E-state index is 11.3. The number of benzene rings is 2. The summed E-state index contributed by atoms with van der Waals surface area (Å²) in [6.07, 6.45) is 0.965. The van der Waals surface area contributed by atoms with Crippen molar-refractivity contribution in [3.63, 3.8) is 0 Å². The zero-order chi connectivity index (χ0) is 17.4. The fraction of sp³-hybridized carbons (Fsp3) is 0.316. The molecule has 0 bridgehead atoms. The third-order valence-electron chi connectivity index (χ3n) is 3.54. The Kier molecular flexibility index (Phi) is 6.49. The van der Waals surface area contributed by atoms with Crippen molar-refractivity contribution in [1.29, 1.82) is 0 Å². The standard InChI is InChI=1S/C19H22O5/c1-14-5-9-17(10-6-14)24-18(19(21)22)4-2-3-13-23-16-11-7-15(20)8-12-16/h5-12,18,20H,2-4,13H2,1H3,(H,21,22). The monoisotopic (exact) mass is 330 g/mol. The average molecular weight is 330 g/mol. The summed E-state index contributed by atoms with van der Waals surface area (Å²) in [5, 5.41) is 18.5. The van der Waals surface area contributed by atoms with E-state index in [0.29, 0.717) is 30.9 Å². The van der Waals surface area contributed by atoms with Gasteiger partial charge in [-0.3, -0.25) is 0 Å². The maximum Gasteiger partial charge on any atom is 0.344 e. The van der Waals surface area contributed by atoms with E-state index in [1.165, 1.54) is 0 Å². The molecule has 1 atom stereocenters. The molecule has 0 aliphatic heterocycles. The molecule has 0 fully saturated rings. The van der Waals surface area contributed by atoms with E-state index in [2.05, 4.69) is 0 Å². The van der Waals surface area contributed by atoms with Gasteiger partial charge in [0.1, 0.15) is 17.2 Å². The number of ether oxygens (including phenoxy) is 2. The fourth-order valence-electron chi connectivity index (χ4n) is 2.18. The van der Waals surface area contributed by atoms with Gasteiger partial charge in [-0.2, -0.15) is 0 Å². The fourth-order valence-corrected chi connectivity index (χ4v) is 2.18. The van der Waals surface area contributed by atoms with Crippen LogP contribution in [0.3, 0.4) is 0 Å². The molecule has 2 aromatic carbocycles. The van der Waals surface area contributed by atoms with Crippen molar-refractivity contribution >= 4 is 5.97 Å². The van der Waals surface area contributed by atoms with Crippen LogP contribution in [-0.4, -0.2) is 28.9 Å². The zero-order valence-electron chi connectivity index (χ0n) is 13.6. The molecular weight excluding hydrogens is 308 g/mol. The Bertz CT molecular complexity index is 634. The van der Waals surface area contributed by atoms with Crippen molar-refractivity contribution in [2.75, 3.05) is 6.61 Å². The lowest BCUT2D eigenvalue weighted by atomic mass is 10.1. The number of aryl methyl sites for hydroxylation is 1. The number of aliphatic carboxylic acids is 1. The molecule has 5 nitrogen and oxygen atoms in total. The molecule has 5 heteroatoms. The van der Waals surface area contributed by atoms with E-state index in [-0.39, 0.29) is 5.75 Å². The van der Waals surface area contributed by atoms with Gasteiger partial charge in [0.2, 0.25) is 0 Å². The van der Waals surface area contributed by atoms with Crippen molar-refractivity contribution in [2.45, 2.75) is 32.3 Å². The molecule has 2 rings (SSSR count). The van der Waals surface area contributed by atoms with Gasteiger partial charge in [-0.25, -0.2) is 4.79 Å². The van der Waals surface area contributed by atoms with Gasteiger partial charge in [-0.05, 0) is 62.6 Å². The number of aromatic hydroxyl groups is 1. The Morgan fingerprint density at radius 3 is 2.25 bits per heavy atom. The van der Waals surface area contributed by atoms with Crippen LogP contribution < -0.4 is 9.47 Å². The number of carbonyl (C=O) groups is 1. The van der Waals surface area contributed by atoms with E-state index in [1.807, 2.05) is 19.1 Å². The van der Waals surface area contributed by atoms with Crippen LogP contribution in [0.15, 0.2) is 48.5 Å². The largest absolute Gasteiger partial charge is 0.508 e. The van der Waals surface area contributed by atoms with Crippen molar-refractivity contribution in [1.82, 2.24) is 0 Å². The molecule has 0 spiro atoms. The van der Waals surface area contributed by atoms with E-state index in [4.69, 9.17) is 9.47 Å². The molecule has 2 N–H and O–H groups in total. The van der Waals surface area contributed by atoms with E-state index < -0.39 is 12.1 Å². The minimum Gasteiger partial charge on any atom is -0.508 e. The van der Waals surface area contributed by atoms with E-state index >= 15 is 0 Å². The van der Waals surface area contributed by atoms with E-state index in [9.17, 15) is 15.0 Å².